The second-order valence-corrected chi connectivity index (χ2v) is 7.91. The van der Waals surface area contributed by atoms with E-state index >= 15 is 0 Å². The number of benzene rings is 1. The van der Waals surface area contributed by atoms with Crippen LogP contribution in [0.25, 0.3) is 21.7 Å². The van der Waals surface area contributed by atoms with E-state index in [0.717, 1.165) is 17.2 Å². The molecule has 2 aromatic heterocycles. The van der Waals surface area contributed by atoms with Gasteiger partial charge in [0, 0.05) is 30.2 Å². The molecule has 150 valence electrons. The molecule has 0 aliphatic rings. The lowest BCUT2D eigenvalue weighted by atomic mass is 10.0. The maximum absolute atomic E-state index is 13.1. The van der Waals surface area contributed by atoms with Crippen LogP contribution in [-0.2, 0) is 6.54 Å². The van der Waals surface area contributed by atoms with Crippen LogP contribution in [0.2, 0.25) is 5.02 Å². The SMILES string of the molecule is Cc1nccc2c1c(=O)n(CCO)c1cc(OCC(N)CC(C)C)c(Cl)cc21. The van der Waals surface area contributed by atoms with Crippen molar-refractivity contribution < 1.29 is 9.84 Å². The van der Waals surface area contributed by atoms with Crippen LogP contribution in [0.1, 0.15) is 26.0 Å². The highest BCUT2D eigenvalue weighted by molar-refractivity contribution is 6.33. The molecule has 7 heteroatoms. The summed E-state index contributed by atoms with van der Waals surface area (Å²) in [6.07, 6.45) is 2.52. The molecule has 0 bridgehead atoms. The Kier molecular flexibility index (Phi) is 6.23. The molecule has 0 radical (unpaired) electrons. The number of fused-ring (bicyclic) bond motifs is 3. The Balaban J connectivity index is 2.15. The third-order valence-electron chi connectivity index (χ3n) is 4.78. The highest BCUT2D eigenvalue weighted by atomic mass is 35.5. The minimum atomic E-state index is -0.188. The monoisotopic (exact) mass is 403 g/mol. The number of hydrogen-bond acceptors (Lipinski definition) is 5. The van der Waals surface area contributed by atoms with Gasteiger partial charge in [0.05, 0.1) is 28.2 Å². The van der Waals surface area contributed by atoms with Gasteiger partial charge in [-0.1, -0.05) is 25.4 Å². The van der Waals surface area contributed by atoms with Gasteiger partial charge < -0.3 is 20.1 Å². The molecule has 28 heavy (non-hydrogen) atoms. The van der Waals surface area contributed by atoms with Gasteiger partial charge >= 0.3 is 0 Å². The summed E-state index contributed by atoms with van der Waals surface area (Å²) in [7, 11) is 0. The summed E-state index contributed by atoms with van der Waals surface area (Å²) >= 11 is 6.48. The normalized spacial score (nSPS) is 12.8. The lowest BCUT2D eigenvalue weighted by molar-refractivity contribution is 0.270. The highest BCUT2D eigenvalue weighted by Gasteiger charge is 2.16. The second kappa shape index (κ2) is 8.47. The molecular formula is C21H26ClN3O3. The topological polar surface area (TPSA) is 90.4 Å². The van der Waals surface area contributed by atoms with Gasteiger partial charge in [0.15, 0.2) is 0 Å². The first kappa shape index (κ1) is 20.6. The second-order valence-electron chi connectivity index (χ2n) is 7.50. The number of ether oxygens (including phenoxy) is 1. The quantitative estimate of drug-likeness (QED) is 0.591. The van der Waals surface area contributed by atoms with Crippen LogP contribution in [0, 0.1) is 12.8 Å². The van der Waals surface area contributed by atoms with Crippen molar-refractivity contribution in [3.05, 3.63) is 45.5 Å². The largest absolute Gasteiger partial charge is 0.490 e. The van der Waals surface area contributed by atoms with E-state index < -0.39 is 0 Å². The smallest absolute Gasteiger partial charge is 0.260 e. The maximum atomic E-state index is 13.1. The fraction of sp³-hybridized carbons (Fsp3) is 0.429. The number of nitrogens with zero attached hydrogens (tertiary/aromatic N) is 2. The zero-order chi connectivity index (χ0) is 20.4. The first-order chi connectivity index (χ1) is 13.3. The summed E-state index contributed by atoms with van der Waals surface area (Å²) in [6.45, 7) is 6.38. The fourth-order valence-corrected chi connectivity index (χ4v) is 3.81. The first-order valence-electron chi connectivity index (χ1n) is 9.44. The molecule has 0 saturated heterocycles. The van der Waals surface area contributed by atoms with Crippen LogP contribution >= 0.6 is 11.6 Å². The van der Waals surface area contributed by atoms with Gasteiger partial charge in [-0.25, -0.2) is 0 Å². The third kappa shape index (κ3) is 3.99. The number of aromatic nitrogens is 2. The Morgan fingerprint density at radius 1 is 1.32 bits per heavy atom. The van der Waals surface area contributed by atoms with Crippen LogP contribution in [0.3, 0.4) is 0 Å². The fourth-order valence-electron chi connectivity index (χ4n) is 3.59. The van der Waals surface area contributed by atoms with Crippen molar-refractivity contribution in [3.8, 4) is 5.75 Å². The zero-order valence-corrected chi connectivity index (χ0v) is 17.2. The molecule has 1 atom stereocenters. The van der Waals surface area contributed by atoms with E-state index in [-0.39, 0.29) is 24.8 Å². The molecule has 0 amide bonds. The number of hydrogen-bond donors (Lipinski definition) is 2. The highest BCUT2D eigenvalue weighted by Crippen LogP contribution is 2.33. The number of halogens is 1. The lowest BCUT2D eigenvalue weighted by Gasteiger charge is -2.18. The Bertz CT molecular complexity index is 1060. The lowest BCUT2D eigenvalue weighted by Crippen LogP contribution is -2.29. The summed E-state index contributed by atoms with van der Waals surface area (Å²) in [5, 5.41) is 12.1. The zero-order valence-electron chi connectivity index (χ0n) is 16.4. The molecule has 1 unspecified atom stereocenters. The van der Waals surface area contributed by atoms with Crippen molar-refractivity contribution in [2.45, 2.75) is 39.8 Å². The Hall–Kier alpha value is -2.15. The van der Waals surface area contributed by atoms with Crippen molar-refractivity contribution in [1.82, 2.24) is 9.55 Å². The van der Waals surface area contributed by atoms with Crippen LogP contribution in [0.15, 0.2) is 29.2 Å². The molecule has 0 aliphatic carbocycles. The minimum absolute atomic E-state index is 0.100. The van der Waals surface area contributed by atoms with E-state index in [4.69, 9.17) is 22.1 Å². The average Bonchev–Trinajstić information content (AvgIpc) is 2.63. The van der Waals surface area contributed by atoms with Gasteiger partial charge in [-0.2, -0.15) is 0 Å². The van der Waals surface area contributed by atoms with Crippen molar-refractivity contribution in [3.63, 3.8) is 0 Å². The Morgan fingerprint density at radius 3 is 2.75 bits per heavy atom. The summed E-state index contributed by atoms with van der Waals surface area (Å²) in [5.41, 5.74) is 7.23. The summed E-state index contributed by atoms with van der Waals surface area (Å²) in [6, 6.07) is 5.27. The number of nitrogens with two attached hydrogens (primary N) is 1. The Morgan fingerprint density at radius 2 is 2.07 bits per heavy atom. The van der Waals surface area contributed by atoms with E-state index in [1.165, 1.54) is 0 Å². The number of aliphatic hydroxyl groups is 1. The molecule has 2 heterocycles. The van der Waals surface area contributed by atoms with E-state index in [2.05, 4.69) is 18.8 Å². The summed E-state index contributed by atoms with van der Waals surface area (Å²) < 4.78 is 7.41. The van der Waals surface area contributed by atoms with Gasteiger partial charge in [-0.15, -0.1) is 0 Å². The number of aliphatic hydroxyl groups excluding tert-OH is 1. The van der Waals surface area contributed by atoms with Crippen molar-refractivity contribution in [2.24, 2.45) is 11.7 Å². The molecule has 1 aromatic carbocycles. The molecule has 3 aromatic rings. The standard InChI is InChI=1S/C21H26ClN3O3/c1-12(2)8-14(23)11-28-19-10-18-16(9-17(19)22)15-4-5-24-13(3)20(15)21(27)25(18)6-7-26/h4-5,9-10,12,14,26H,6-8,11,23H2,1-3H3. The summed E-state index contributed by atoms with van der Waals surface area (Å²) in [4.78, 5) is 17.3. The minimum Gasteiger partial charge on any atom is -0.490 e. The molecule has 3 rings (SSSR count). The predicted molar refractivity (Wildman–Crippen MR) is 113 cm³/mol. The van der Waals surface area contributed by atoms with Crippen LogP contribution in [0.5, 0.6) is 5.75 Å². The van der Waals surface area contributed by atoms with E-state index in [1.54, 1.807) is 29.8 Å². The first-order valence-corrected chi connectivity index (χ1v) is 9.81. The molecule has 6 nitrogen and oxygen atoms in total. The number of rotatable bonds is 7. The van der Waals surface area contributed by atoms with Gasteiger partial charge in [0.1, 0.15) is 12.4 Å². The average molecular weight is 404 g/mol. The van der Waals surface area contributed by atoms with Crippen LogP contribution < -0.4 is 16.0 Å². The van der Waals surface area contributed by atoms with Gasteiger partial charge in [0.25, 0.3) is 5.56 Å². The van der Waals surface area contributed by atoms with Gasteiger partial charge in [0.2, 0.25) is 0 Å². The van der Waals surface area contributed by atoms with Gasteiger partial charge in [-0.05, 0) is 36.8 Å². The van der Waals surface area contributed by atoms with E-state index in [0.29, 0.717) is 39.9 Å². The summed E-state index contributed by atoms with van der Waals surface area (Å²) in [5.74, 6) is 0.952. The maximum Gasteiger partial charge on any atom is 0.260 e. The molecule has 0 saturated carbocycles. The molecule has 0 fully saturated rings. The molecular weight excluding hydrogens is 378 g/mol. The number of aryl methyl sites for hydroxylation is 1. The van der Waals surface area contributed by atoms with Crippen LogP contribution in [0.4, 0.5) is 0 Å². The van der Waals surface area contributed by atoms with Gasteiger partial charge in [-0.3, -0.25) is 9.78 Å². The van der Waals surface area contributed by atoms with Crippen molar-refractivity contribution >= 4 is 33.3 Å². The third-order valence-corrected chi connectivity index (χ3v) is 5.08. The predicted octanol–water partition coefficient (Wildman–Crippen LogP) is 3.26. The Labute approximate surface area is 168 Å². The van der Waals surface area contributed by atoms with Crippen LogP contribution in [-0.4, -0.2) is 33.9 Å². The molecule has 3 N–H and O–H groups in total. The number of pyridine rings is 2. The molecule has 0 spiro atoms. The van der Waals surface area contributed by atoms with E-state index in [1.807, 2.05) is 6.07 Å². The van der Waals surface area contributed by atoms with Crippen molar-refractivity contribution in [1.29, 1.82) is 0 Å². The van der Waals surface area contributed by atoms with Crippen molar-refractivity contribution in [2.75, 3.05) is 13.2 Å². The molecule has 0 aliphatic heterocycles. The van der Waals surface area contributed by atoms with E-state index in [9.17, 15) is 9.90 Å².